The second-order valence-electron chi connectivity index (χ2n) is 8.46. The molecule has 1 amide bonds. The van der Waals surface area contributed by atoms with Crippen LogP contribution in [0.25, 0.3) is 11.0 Å². The number of fused-ring (bicyclic) bond motifs is 2. The van der Waals surface area contributed by atoms with Crippen LogP contribution >= 0.6 is 11.3 Å². The first kappa shape index (κ1) is 21.5. The quantitative estimate of drug-likeness (QED) is 0.586. The minimum Gasteiger partial charge on any atom is -0.356 e. The van der Waals surface area contributed by atoms with E-state index in [1.54, 1.807) is 12.1 Å². The molecule has 0 aliphatic carbocycles. The zero-order valence-electron chi connectivity index (χ0n) is 17.5. The summed E-state index contributed by atoms with van der Waals surface area (Å²) in [6.07, 6.45) is 2.64. The number of thiophene rings is 1. The molecule has 1 N–H and O–H groups in total. The fourth-order valence-electron chi connectivity index (χ4n) is 4.54. The highest BCUT2D eigenvalue weighted by molar-refractivity contribution is 7.93. The lowest BCUT2D eigenvalue weighted by Crippen LogP contribution is -2.34. The van der Waals surface area contributed by atoms with E-state index in [4.69, 9.17) is 4.52 Å². The zero-order chi connectivity index (χ0) is 22.3. The zero-order valence-corrected chi connectivity index (χ0v) is 19.1. The van der Waals surface area contributed by atoms with E-state index in [2.05, 4.69) is 15.4 Å². The van der Waals surface area contributed by atoms with Crippen LogP contribution in [0.4, 0.5) is 4.39 Å². The number of nitrogens with one attached hydrogen (secondary N) is 1. The molecule has 1 aromatic carbocycles. The van der Waals surface area contributed by atoms with Gasteiger partial charge in [-0.2, -0.15) is 0 Å². The number of aromatic nitrogens is 1. The summed E-state index contributed by atoms with van der Waals surface area (Å²) in [6, 6.07) is 6.19. The molecule has 0 saturated carbocycles. The largest absolute Gasteiger partial charge is 0.356 e. The van der Waals surface area contributed by atoms with Crippen LogP contribution in [0.15, 0.2) is 33.0 Å². The van der Waals surface area contributed by atoms with Gasteiger partial charge >= 0.3 is 0 Å². The highest BCUT2D eigenvalue weighted by Gasteiger charge is 2.27. The Bertz CT molecular complexity index is 1260. The summed E-state index contributed by atoms with van der Waals surface area (Å²) in [7, 11) is -3.35. The molecule has 0 atom stereocenters. The smallest absolute Gasteiger partial charge is 0.224 e. The Balaban J connectivity index is 1.14. The van der Waals surface area contributed by atoms with E-state index in [1.807, 2.05) is 0 Å². The van der Waals surface area contributed by atoms with Crippen molar-refractivity contribution in [3.63, 3.8) is 0 Å². The van der Waals surface area contributed by atoms with Crippen molar-refractivity contribution in [2.75, 3.05) is 25.4 Å². The van der Waals surface area contributed by atoms with E-state index in [-0.39, 0.29) is 29.8 Å². The fraction of sp³-hybridized carbons (Fsp3) is 0.455. The van der Waals surface area contributed by atoms with Crippen LogP contribution in [-0.4, -0.2) is 49.8 Å². The van der Waals surface area contributed by atoms with Crippen LogP contribution in [0.3, 0.4) is 0 Å². The third-order valence-corrected chi connectivity index (χ3v) is 9.84. The molecule has 10 heteroatoms. The van der Waals surface area contributed by atoms with Gasteiger partial charge in [0, 0.05) is 22.2 Å². The minimum absolute atomic E-state index is 0.0616. The highest BCUT2D eigenvalue weighted by atomic mass is 32.2. The summed E-state index contributed by atoms with van der Waals surface area (Å²) < 4.78 is 44.6. The maximum Gasteiger partial charge on any atom is 0.224 e. The SMILES string of the molecule is O=C1Cc2cc(S(=O)(=O)CCCN3CCC(c4noc5cc(F)ccc45)CC3)sc2CN1. The number of nitrogens with zero attached hydrogens (tertiary/aromatic N) is 2. The number of amides is 1. The molecule has 1 saturated heterocycles. The van der Waals surface area contributed by atoms with Gasteiger partial charge in [0.05, 0.1) is 24.4 Å². The summed E-state index contributed by atoms with van der Waals surface area (Å²) >= 11 is 1.28. The van der Waals surface area contributed by atoms with Crippen LogP contribution < -0.4 is 5.32 Å². The van der Waals surface area contributed by atoms with Crippen molar-refractivity contribution in [1.29, 1.82) is 0 Å². The van der Waals surface area contributed by atoms with Gasteiger partial charge in [-0.1, -0.05) is 5.16 Å². The first-order valence-corrected chi connectivity index (χ1v) is 13.2. The predicted octanol–water partition coefficient (Wildman–Crippen LogP) is 3.24. The van der Waals surface area contributed by atoms with Crippen LogP contribution in [0, 0.1) is 5.82 Å². The van der Waals surface area contributed by atoms with E-state index in [0.29, 0.717) is 22.8 Å². The second kappa shape index (κ2) is 8.57. The molecule has 3 aromatic rings. The number of piperidine rings is 1. The summed E-state index contributed by atoms with van der Waals surface area (Å²) in [5.74, 6) is -0.0329. The van der Waals surface area contributed by atoms with Crippen molar-refractivity contribution < 1.29 is 22.1 Å². The summed E-state index contributed by atoms with van der Waals surface area (Å²) in [5, 5.41) is 7.81. The van der Waals surface area contributed by atoms with Crippen molar-refractivity contribution in [1.82, 2.24) is 15.4 Å². The summed E-state index contributed by atoms with van der Waals surface area (Å²) in [5.41, 5.74) is 2.20. The molecular weight excluding hydrogens is 453 g/mol. The van der Waals surface area contributed by atoms with Gasteiger partial charge in [-0.15, -0.1) is 11.3 Å². The average molecular weight is 478 g/mol. The van der Waals surface area contributed by atoms with Crippen molar-refractivity contribution in [2.45, 2.75) is 42.4 Å². The lowest BCUT2D eigenvalue weighted by atomic mass is 9.91. The van der Waals surface area contributed by atoms with Crippen LogP contribution in [-0.2, 0) is 27.6 Å². The fourth-order valence-corrected chi connectivity index (χ4v) is 7.48. The van der Waals surface area contributed by atoms with Gasteiger partial charge in [0.2, 0.25) is 5.91 Å². The Morgan fingerprint density at radius 2 is 2.06 bits per heavy atom. The minimum atomic E-state index is -3.35. The van der Waals surface area contributed by atoms with Gasteiger partial charge in [0.1, 0.15) is 10.0 Å². The van der Waals surface area contributed by atoms with Crippen LogP contribution in [0.5, 0.6) is 0 Å². The Hall–Kier alpha value is -2.30. The van der Waals surface area contributed by atoms with Gasteiger partial charge in [-0.25, -0.2) is 12.8 Å². The number of likely N-dealkylation sites (tertiary alicyclic amines) is 1. The molecule has 0 bridgehead atoms. The number of carbonyl (C=O) groups is 1. The summed E-state index contributed by atoms with van der Waals surface area (Å²) in [4.78, 5) is 14.7. The first-order valence-electron chi connectivity index (χ1n) is 10.8. The van der Waals surface area contributed by atoms with Gasteiger partial charge in [0.15, 0.2) is 15.4 Å². The number of rotatable bonds is 6. The molecule has 2 aliphatic rings. The number of hydrogen-bond donors (Lipinski definition) is 1. The van der Waals surface area contributed by atoms with Gasteiger partial charge in [0.25, 0.3) is 0 Å². The molecule has 32 heavy (non-hydrogen) atoms. The molecule has 170 valence electrons. The van der Waals surface area contributed by atoms with Crippen molar-refractivity contribution in [3.8, 4) is 0 Å². The molecular formula is C22H24FN3O4S2. The number of benzene rings is 1. The number of halogens is 1. The van der Waals surface area contributed by atoms with Crippen molar-refractivity contribution in [3.05, 3.63) is 46.2 Å². The lowest BCUT2D eigenvalue weighted by Gasteiger charge is -2.31. The standard InChI is InChI=1S/C22H24FN3O4S2/c23-16-2-3-17-18(12-16)30-25-22(17)14-4-7-26(8-5-14)6-1-9-32(28,29)21-11-15-10-20(27)24-13-19(15)31-21/h2-3,11-12,14H,1,4-10,13H2,(H,24,27). The average Bonchev–Trinajstić information content (AvgIpc) is 3.38. The Morgan fingerprint density at radius 1 is 1.25 bits per heavy atom. The molecule has 2 aliphatic heterocycles. The highest BCUT2D eigenvalue weighted by Crippen LogP contribution is 2.33. The number of carbonyl (C=O) groups excluding carboxylic acids is 1. The Morgan fingerprint density at radius 3 is 2.88 bits per heavy atom. The molecule has 4 heterocycles. The van der Waals surface area contributed by atoms with E-state index in [9.17, 15) is 17.6 Å². The van der Waals surface area contributed by atoms with E-state index < -0.39 is 9.84 Å². The molecule has 0 spiro atoms. The lowest BCUT2D eigenvalue weighted by molar-refractivity contribution is -0.121. The summed E-state index contributed by atoms with van der Waals surface area (Å²) in [6.45, 7) is 2.86. The third-order valence-electron chi connectivity index (χ3n) is 6.30. The monoisotopic (exact) mass is 477 g/mol. The molecule has 7 nitrogen and oxygen atoms in total. The number of hydrogen-bond acceptors (Lipinski definition) is 7. The van der Waals surface area contributed by atoms with E-state index in [1.165, 1.54) is 23.5 Å². The van der Waals surface area contributed by atoms with Crippen LogP contribution in [0.1, 0.15) is 41.3 Å². The van der Waals surface area contributed by atoms with E-state index in [0.717, 1.165) is 54.0 Å². The van der Waals surface area contributed by atoms with E-state index >= 15 is 0 Å². The van der Waals surface area contributed by atoms with Gasteiger partial charge in [-0.3, -0.25) is 4.79 Å². The first-order chi connectivity index (χ1) is 15.4. The topological polar surface area (TPSA) is 92.5 Å². The van der Waals surface area contributed by atoms with Gasteiger partial charge in [-0.05, 0) is 62.7 Å². The second-order valence-corrected chi connectivity index (χ2v) is 11.9. The Labute approximate surface area is 189 Å². The van der Waals surface area contributed by atoms with Gasteiger partial charge < -0.3 is 14.7 Å². The Kier molecular flexibility index (Phi) is 5.77. The maximum absolute atomic E-state index is 13.4. The predicted molar refractivity (Wildman–Crippen MR) is 119 cm³/mol. The molecule has 5 rings (SSSR count). The maximum atomic E-state index is 13.4. The van der Waals surface area contributed by atoms with Crippen molar-refractivity contribution >= 4 is 38.1 Å². The normalized spacial score (nSPS) is 18.1. The molecule has 2 aromatic heterocycles. The third kappa shape index (κ3) is 4.31. The van der Waals surface area contributed by atoms with Crippen molar-refractivity contribution in [2.24, 2.45) is 0 Å². The molecule has 1 fully saturated rings. The molecule has 0 unspecified atom stereocenters. The number of sulfone groups is 1. The molecule has 0 radical (unpaired) electrons. The van der Waals surface area contributed by atoms with Crippen LogP contribution in [0.2, 0.25) is 0 Å².